The number of nitrogens with one attached hydrogen (secondary N) is 1. The van der Waals surface area contributed by atoms with Crippen LogP contribution in [0.2, 0.25) is 0 Å². The number of hydrogen-bond acceptors (Lipinski definition) is 4. The highest BCUT2D eigenvalue weighted by molar-refractivity contribution is 14.0. The van der Waals surface area contributed by atoms with Gasteiger partial charge in [-0.3, -0.25) is 0 Å². The fourth-order valence-electron chi connectivity index (χ4n) is 3.00. The molecule has 0 saturated carbocycles. The van der Waals surface area contributed by atoms with Crippen molar-refractivity contribution in [3.05, 3.63) is 52.0 Å². The van der Waals surface area contributed by atoms with E-state index in [1.807, 2.05) is 36.4 Å². The average Bonchev–Trinajstić information content (AvgIpc) is 3.10. The van der Waals surface area contributed by atoms with Crippen LogP contribution >= 0.6 is 39.9 Å². The second-order valence-electron chi connectivity index (χ2n) is 5.88. The van der Waals surface area contributed by atoms with Crippen molar-refractivity contribution in [3.63, 3.8) is 0 Å². The van der Waals surface area contributed by atoms with Crippen LogP contribution in [0.4, 0.5) is 0 Å². The van der Waals surface area contributed by atoms with Gasteiger partial charge >= 0.3 is 0 Å². The van der Waals surface area contributed by atoms with Crippen LogP contribution in [0.15, 0.2) is 45.9 Å². The summed E-state index contributed by atoms with van der Waals surface area (Å²) in [6, 6.07) is 12.0. The first-order valence-electron chi connectivity index (χ1n) is 8.07. The van der Waals surface area contributed by atoms with Crippen LogP contribution in [0, 0.1) is 0 Å². The Kier molecular flexibility index (Phi) is 6.13. The average molecular weight is 532 g/mol. The zero-order chi connectivity index (χ0) is 17.2. The number of aliphatic imine (C=N–C) groups is 1. The summed E-state index contributed by atoms with van der Waals surface area (Å²) in [6.45, 7) is 1.36. The third-order valence-electron chi connectivity index (χ3n) is 4.20. The van der Waals surface area contributed by atoms with Gasteiger partial charge in [0, 0.05) is 12.0 Å². The molecule has 26 heavy (non-hydrogen) atoms. The minimum atomic E-state index is 0. The first-order valence-corrected chi connectivity index (χ1v) is 8.86. The molecule has 0 bridgehead atoms. The van der Waals surface area contributed by atoms with Crippen molar-refractivity contribution < 1.29 is 14.2 Å². The Bertz CT molecular complexity index is 831. The van der Waals surface area contributed by atoms with Gasteiger partial charge in [-0.15, -0.1) is 24.0 Å². The van der Waals surface area contributed by atoms with Crippen LogP contribution in [0.3, 0.4) is 0 Å². The molecule has 0 aliphatic carbocycles. The van der Waals surface area contributed by atoms with Gasteiger partial charge in [-0.05, 0) is 39.7 Å². The van der Waals surface area contributed by atoms with Crippen LogP contribution in [0.1, 0.15) is 23.6 Å². The quantitative estimate of drug-likeness (QED) is 0.358. The van der Waals surface area contributed by atoms with Crippen LogP contribution in [-0.4, -0.2) is 19.4 Å². The van der Waals surface area contributed by atoms with E-state index in [9.17, 15) is 0 Å². The standard InChI is InChI=1S/C18H18BrN3O3.HI/c19-13-7-11(8-16-17(13)25-10-24-16)9-21-18(20)22-14-5-6-23-15-4-2-1-3-12(14)15;/h1-4,7-8,14H,5-6,9-10H2,(H3,20,21,22);1H. The summed E-state index contributed by atoms with van der Waals surface area (Å²) in [5, 5.41) is 3.29. The molecule has 4 rings (SSSR count). The molecule has 2 aliphatic heterocycles. The van der Waals surface area contributed by atoms with Gasteiger partial charge < -0.3 is 25.3 Å². The smallest absolute Gasteiger partial charge is 0.231 e. The Morgan fingerprint density at radius 3 is 2.92 bits per heavy atom. The number of nitrogens with zero attached hydrogens (tertiary/aromatic N) is 1. The molecule has 6 nitrogen and oxygen atoms in total. The molecular weight excluding hydrogens is 513 g/mol. The molecule has 2 aromatic carbocycles. The molecule has 0 amide bonds. The van der Waals surface area contributed by atoms with E-state index in [1.54, 1.807) is 0 Å². The van der Waals surface area contributed by atoms with Crippen molar-refractivity contribution in [1.82, 2.24) is 5.32 Å². The monoisotopic (exact) mass is 531 g/mol. The van der Waals surface area contributed by atoms with Crippen molar-refractivity contribution in [3.8, 4) is 17.2 Å². The van der Waals surface area contributed by atoms with Gasteiger partial charge in [0.2, 0.25) is 6.79 Å². The fraction of sp³-hybridized carbons (Fsp3) is 0.278. The van der Waals surface area contributed by atoms with Crippen molar-refractivity contribution in [2.75, 3.05) is 13.4 Å². The summed E-state index contributed by atoms with van der Waals surface area (Å²) >= 11 is 3.49. The molecule has 0 saturated heterocycles. The van der Waals surface area contributed by atoms with Crippen LogP contribution in [0.5, 0.6) is 17.2 Å². The molecule has 0 fully saturated rings. The maximum Gasteiger partial charge on any atom is 0.231 e. The minimum absolute atomic E-state index is 0. The lowest BCUT2D eigenvalue weighted by atomic mass is 10.0. The van der Waals surface area contributed by atoms with E-state index in [-0.39, 0.29) is 36.8 Å². The lowest BCUT2D eigenvalue weighted by molar-refractivity contribution is 0.173. The van der Waals surface area contributed by atoms with Gasteiger partial charge in [-0.2, -0.15) is 0 Å². The SMILES string of the molecule is I.NC(=NCc1cc(Br)c2c(c1)OCO2)NC1CCOc2ccccc21. The van der Waals surface area contributed by atoms with E-state index in [0.717, 1.165) is 39.3 Å². The van der Waals surface area contributed by atoms with E-state index >= 15 is 0 Å². The van der Waals surface area contributed by atoms with Crippen LogP contribution in [0.25, 0.3) is 0 Å². The van der Waals surface area contributed by atoms with E-state index < -0.39 is 0 Å². The third kappa shape index (κ3) is 4.01. The molecule has 8 heteroatoms. The fourth-order valence-corrected chi connectivity index (χ4v) is 3.61. The van der Waals surface area contributed by atoms with E-state index in [4.69, 9.17) is 19.9 Å². The Morgan fingerprint density at radius 1 is 1.19 bits per heavy atom. The van der Waals surface area contributed by atoms with Gasteiger partial charge in [0.05, 0.1) is 23.7 Å². The molecule has 2 aromatic rings. The summed E-state index contributed by atoms with van der Waals surface area (Å²) < 4.78 is 17.3. The summed E-state index contributed by atoms with van der Waals surface area (Å²) in [6.07, 6.45) is 0.850. The van der Waals surface area contributed by atoms with Gasteiger partial charge in [0.15, 0.2) is 17.5 Å². The van der Waals surface area contributed by atoms with E-state index in [0.29, 0.717) is 19.1 Å². The van der Waals surface area contributed by atoms with E-state index in [1.165, 1.54) is 0 Å². The van der Waals surface area contributed by atoms with Crippen LogP contribution in [-0.2, 0) is 6.54 Å². The minimum Gasteiger partial charge on any atom is -0.493 e. The maximum absolute atomic E-state index is 6.09. The summed E-state index contributed by atoms with van der Waals surface area (Å²) in [5.74, 6) is 2.77. The molecule has 1 atom stereocenters. The second kappa shape index (κ2) is 8.34. The number of halogens is 2. The zero-order valence-corrected chi connectivity index (χ0v) is 17.8. The van der Waals surface area contributed by atoms with Crippen molar-refractivity contribution >= 4 is 45.9 Å². The topological polar surface area (TPSA) is 78.1 Å². The maximum atomic E-state index is 6.09. The lowest BCUT2D eigenvalue weighted by Gasteiger charge is -2.26. The first kappa shape index (κ1) is 19.1. The number of para-hydroxylation sites is 1. The molecule has 2 aliphatic rings. The Labute approximate surface area is 177 Å². The second-order valence-corrected chi connectivity index (χ2v) is 6.74. The number of guanidine groups is 1. The molecule has 1 unspecified atom stereocenters. The number of ether oxygens (including phenoxy) is 3. The summed E-state index contributed by atoms with van der Waals surface area (Å²) in [7, 11) is 0. The molecule has 0 aromatic heterocycles. The van der Waals surface area contributed by atoms with Crippen molar-refractivity contribution in [1.29, 1.82) is 0 Å². The highest BCUT2D eigenvalue weighted by atomic mass is 127. The van der Waals surface area contributed by atoms with Crippen molar-refractivity contribution in [2.45, 2.75) is 19.0 Å². The predicted octanol–water partition coefficient (Wildman–Crippen LogP) is 3.72. The normalized spacial score (nSPS) is 17.7. The zero-order valence-electron chi connectivity index (χ0n) is 13.9. The highest BCUT2D eigenvalue weighted by Gasteiger charge is 2.21. The number of benzene rings is 2. The molecular formula is C18H19BrIN3O3. The molecule has 138 valence electrons. The summed E-state index contributed by atoms with van der Waals surface area (Å²) in [5.41, 5.74) is 8.19. The predicted molar refractivity (Wildman–Crippen MR) is 113 cm³/mol. The van der Waals surface area contributed by atoms with E-state index in [2.05, 4.69) is 26.2 Å². The van der Waals surface area contributed by atoms with Gasteiger partial charge in [-0.25, -0.2) is 4.99 Å². The summed E-state index contributed by atoms with van der Waals surface area (Å²) in [4.78, 5) is 4.45. The Hall–Kier alpha value is -1.68. The number of hydrogen-bond donors (Lipinski definition) is 2. The Morgan fingerprint density at radius 2 is 2.04 bits per heavy atom. The highest BCUT2D eigenvalue weighted by Crippen LogP contribution is 2.40. The Balaban J connectivity index is 0.00000196. The van der Waals surface area contributed by atoms with Gasteiger partial charge in [0.1, 0.15) is 5.75 Å². The third-order valence-corrected chi connectivity index (χ3v) is 4.79. The molecule has 0 spiro atoms. The van der Waals surface area contributed by atoms with Gasteiger partial charge in [-0.1, -0.05) is 18.2 Å². The number of fused-ring (bicyclic) bond motifs is 2. The lowest BCUT2D eigenvalue weighted by Crippen LogP contribution is -2.37. The largest absolute Gasteiger partial charge is 0.493 e. The van der Waals surface area contributed by atoms with Crippen molar-refractivity contribution in [2.24, 2.45) is 10.7 Å². The number of nitrogens with two attached hydrogens (primary N) is 1. The number of rotatable bonds is 3. The first-order chi connectivity index (χ1) is 12.2. The molecule has 2 heterocycles. The molecule has 3 N–H and O–H groups in total. The van der Waals surface area contributed by atoms with Crippen LogP contribution < -0.4 is 25.3 Å². The molecule has 0 radical (unpaired) electrons. The van der Waals surface area contributed by atoms with Gasteiger partial charge in [0.25, 0.3) is 0 Å².